The second-order valence-electron chi connectivity index (χ2n) is 10.4. The molecule has 0 saturated heterocycles. The van der Waals surface area contributed by atoms with Crippen LogP contribution in [0.15, 0.2) is 42.5 Å². The van der Waals surface area contributed by atoms with E-state index in [1.807, 2.05) is 6.92 Å². The van der Waals surface area contributed by atoms with Crippen LogP contribution >= 0.6 is 0 Å². The summed E-state index contributed by atoms with van der Waals surface area (Å²) in [6.45, 7) is 4.34. The number of halogens is 1. The predicted molar refractivity (Wildman–Crippen MR) is 132 cm³/mol. The summed E-state index contributed by atoms with van der Waals surface area (Å²) in [7, 11) is 0. The Bertz CT molecular complexity index is 879. The van der Waals surface area contributed by atoms with E-state index in [1.165, 1.54) is 69.8 Å². The van der Waals surface area contributed by atoms with E-state index in [9.17, 15) is 4.39 Å². The number of fused-ring (bicyclic) bond motifs is 2. The molecule has 168 valence electrons. The Balaban J connectivity index is 1.40. The van der Waals surface area contributed by atoms with Gasteiger partial charge in [0.25, 0.3) is 0 Å². The van der Waals surface area contributed by atoms with Crippen LogP contribution in [-0.2, 0) is 6.42 Å². The molecule has 0 aliphatic heterocycles. The Morgan fingerprint density at radius 3 is 2.65 bits per heavy atom. The zero-order valence-corrected chi connectivity index (χ0v) is 19.7. The van der Waals surface area contributed by atoms with Crippen molar-refractivity contribution in [3.05, 3.63) is 59.4 Å². The van der Waals surface area contributed by atoms with Gasteiger partial charge in [-0.3, -0.25) is 0 Å². The number of aryl methyl sites for hydroxylation is 1. The zero-order valence-electron chi connectivity index (χ0n) is 19.7. The number of hydrogen-bond donors (Lipinski definition) is 0. The van der Waals surface area contributed by atoms with E-state index in [-0.39, 0.29) is 5.82 Å². The van der Waals surface area contributed by atoms with E-state index in [0.29, 0.717) is 5.92 Å². The molecule has 4 atom stereocenters. The van der Waals surface area contributed by atoms with Crippen LogP contribution in [0, 0.1) is 23.6 Å². The van der Waals surface area contributed by atoms with Crippen molar-refractivity contribution in [2.45, 2.75) is 96.8 Å². The van der Waals surface area contributed by atoms with Crippen molar-refractivity contribution in [1.82, 2.24) is 0 Å². The summed E-state index contributed by atoms with van der Waals surface area (Å²) in [5.74, 6) is 3.41. The summed E-state index contributed by atoms with van der Waals surface area (Å²) in [5, 5.41) is 1.87. The lowest BCUT2D eigenvalue weighted by atomic mass is 9.63. The van der Waals surface area contributed by atoms with Crippen molar-refractivity contribution in [1.29, 1.82) is 0 Å². The average Bonchev–Trinajstić information content (AvgIpc) is 2.79. The van der Waals surface area contributed by atoms with E-state index in [0.717, 1.165) is 46.9 Å². The fourth-order valence-electron chi connectivity index (χ4n) is 6.44. The first-order chi connectivity index (χ1) is 15.2. The maximum absolute atomic E-state index is 14.9. The molecule has 0 bridgehead atoms. The average molecular weight is 421 g/mol. The summed E-state index contributed by atoms with van der Waals surface area (Å²) in [6.07, 6.45) is 20.1. The fourth-order valence-corrected chi connectivity index (χ4v) is 6.44. The number of unbranched alkanes of at least 4 members (excludes halogenated alkanes) is 2. The molecule has 2 aliphatic carbocycles. The van der Waals surface area contributed by atoms with E-state index >= 15 is 0 Å². The van der Waals surface area contributed by atoms with Crippen molar-refractivity contribution in [3.63, 3.8) is 0 Å². The molecule has 0 aromatic heterocycles. The van der Waals surface area contributed by atoms with Crippen molar-refractivity contribution in [3.8, 4) is 0 Å². The standard InChI is InChI=1S/C30H41F/c1-3-5-7-9-22-11-12-25-20-26(14-13-24(25)17-22)27-15-16-28-18-23(10-8-6-4-2)19-30(31)29(28)21-27/h4,6,15-16,18-19,21-22,24-26H,3,5,7-14,17,20H2,1-2H3/b6-4+/t22?,24-,25?,26-/m1/s1. The molecule has 0 nitrogen and oxygen atoms in total. The molecule has 0 heterocycles. The highest BCUT2D eigenvalue weighted by molar-refractivity contribution is 5.84. The van der Waals surface area contributed by atoms with Crippen LogP contribution in [0.5, 0.6) is 0 Å². The van der Waals surface area contributed by atoms with Gasteiger partial charge in [0.15, 0.2) is 0 Å². The first kappa shape index (κ1) is 22.6. The Kier molecular flexibility index (Phi) is 7.86. The van der Waals surface area contributed by atoms with Gasteiger partial charge < -0.3 is 0 Å². The maximum atomic E-state index is 14.9. The number of rotatable bonds is 8. The predicted octanol–water partition coefficient (Wildman–Crippen LogP) is 9.37. The van der Waals surface area contributed by atoms with E-state index in [2.05, 4.69) is 43.3 Å². The molecule has 2 aromatic carbocycles. The third kappa shape index (κ3) is 5.60. The highest BCUT2D eigenvalue weighted by atomic mass is 19.1. The molecule has 0 amide bonds. The van der Waals surface area contributed by atoms with Crippen LogP contribution in [0.2, 0.25) is 0 Å². The molecule has 2 saturated carbocycles. The molecule has 0 N–H and O–H groups in total. The van der Waals surface area contributed by atoms with Gasteiger partial charge in [-0.2, -0.15) is 0 Å². The second kappa shape index (κ2) is 10.8. The molecule has 0 radical (unpaired) electrons. The fraction of sp³-hybridized carbons (Fsp3) is 0.600. The Hall–Kier alpha value is -1.63. The van der Waals surface area contributed by atoms with Crippen LogP contribution in [-0.4, -0.2) is 0 Å². The molecule has 2 aliphatic rings. The van der Waals surface area contributed by atoms with Gasteiger partial charge >= 0.3 is 0 Å². The SMILES string of the molecule is C/C=C/CCc1cc(F)c2cc([C@@H]3CC[C@@H]4CC(CCCCC)CCC4C3)ccc2c1. The van der Waals surface area contributed by atoms with Gasteiger partial charge in [0.2, 0.25) is 0 Å². The number of allylic oxidation sites excluding steroid dienone is 2. The Labute approximate surface area is 189 Å². The molecule has 31 heavy (non-hydrogen) atoms. The molecule has 2 unspecified atom stereocenters. The summed E-state index contributed by atoms with van der Waals surface area (Å²) in [5.41, 5.74) is 2.48. The van der Waals surface area contributed by atoms with Gasteiger partial charge in [-0.25, -0.2) is 4.39 Å². The molecule has 0 spiro atoms. The molecule has 2 fully saturated rings. The van der Waals surface area contributed by atoms with Crippen LogP contribution in [0.3, 0.4) is 0 Å². The van der Waals surface area contributed by atoms with Crippen LogP contribution in [0.1, 0.15) is 102 Å². The van der Waals surface area contributed by atoms with Crippen LogP contribution < -0.4 is 0 Å². The van der Waals surface area contributed by atoms with Crippen molar-refractivity contribution in [2.24, 2.45) is 17.8 Å². The number of hydrogen-bond acceptors (Lipinski definition) is 0. The first-order valence-electron chi connectivity index (χ1n) is 13.0. The number of benzene rings is 2. The van der Waals surface area contributed by atoms with Gasteiger partial charge in [-0.1, -0.05) is 69.4 Å². The van der Waals surface area contributed by atoms with Gasteiger partial charge in [-0.05, 0) is 104 Å². The van der Waals surface area contributed by atoms with Crippen molar-refractivity contribution < 1.29 is 4.39 Å². The maximum Gasteiger partial charge on any atom is 0.131 e. The normalized spacial score (nSPS) is 26.4. The summed E-state index contributed by atoms with van der Waals surface area (Å²) in [4.78, 5) is 0. The largest absolute Gasteiger partial charge is 0.206 e. The minimum atomic E-state index is -0.0453. The topological polar surface area (TPSA) is 0 Å². The van der Waals surface area contributed by atoms with E-state index < -0.39 is 0 Å². The van der Waals surface area contributed by atoms with Crippen LogP contribution in [0.25, 0.3) is 10.8 Å². The smallest absolute Gasteiger partial charge is 0.131 e. The summed E-state index contributed by atoms with van der Waals surface area (Å²) >= 11 is 0. The Morgan fingerprint density at radius 2 is 1.81 bits per heavy atom. The second-order valence-corrected chi connectivity index (χ2v) is 10.4. The Morgan fingerprint density at radius 1 is 0.968 bits per heavy atom. The minimum absolute atomic E-state index is 0.0453. The molecular formula is C30H41F. The van der Waals surface area contributed by atoms with E-state index in [4.69, 9.17) is 0 Å². The lowest BCUT2D eigenvalue weighted by molar-refractivity contribution is 0.113. The third-order valence-electron chi connectivity index (χ3n) is 8.23. The van der Waals surface area contributed by atoms with Gasteiger partial charge in [0.1, 0.15) is 5.82 Å². The monoisotopic (exact) mass is 420 g/mol. The van der Waals surface area contributed by atoms with Gasteiger partial charge in [0, 0.05) is 5.39 Å². The van der Waals surface area contributed by atoms with Crippen molar-refractivity contribution in [2.75, 3.05) is 0 Å². The molecule has 4 rings (SSSR count). The highest BCUT2D eigenvalue weighted by Crippen LogP contribution is 2.48. The van der Waals surface area contributed by atoms with Crippen molar-refractivity contribution >= 4 is 10.8 Å². The lowest BCUT2D eigenvalue weighted by Crippen LogP contribution is -2.30. The summed E-state index contributed by atoms with van der Waals surface area (Å²) in [6, 6.07) is 10.6. The van der Waals surface area contributed by atoms with Gasteiger partial charge in [0.05, 0.1) is 0 Å². The zero-order chi connectivity index (χ0) is 21.6. The third-order valence-corrected chi connectivity index (χ3v) is 8.23. The lowest BCUT2D eigenvalue weighted by Gasteiger charge is -2.42. The minimum Gasteiger partial charge on any atom is -0.206 e. The quantitative estimate of drug-likeness (QED) is 0.295. The summed E-state index contributed by atoms with van der Waals surface area (Å²) < 4.78 is 14.9. The molecular weight excluding hydrogens is 379 g/mol. The molecule has 1 heteroatoms. The van der Waals surface area contributed by atoms with Gasteiger partial charge in [-0.15, -0.1) is 0 Å². The molecule has 2 aromatic rings. The first-order valence-corrected chi connectivity index (χ1v) is 13.0. The highest BCUT2D eigenvalue weighted by Gasteiger charge is 2.35. The van der Waals surface area contributed by atoms with Crippen LogP contribution in [0.4, 0.5) is 4.39 Å². The van der Waals surface area contributed by atoms with E-state index in [1.54, 1.807) is 6.07 Å².